The Balaban J connectivity index is 1.88. The first-order valence-electron chi connectivity index (χ1n) is 5.54. The summed E-state index contributed by atoms with van der Waals surface area (Å²) in [5.41, 5.74) is 2.74. The number of hydrogen-bond donors (Lipinski definition) is 1. The average Bonchev–Trinajstić information content (AvgIpc) is 2.93. The maximum Gasteiger partial charge on any atom is 0.0454 e. The van der Waals surface area contributed by atoms with Crippen LogP contribution in [-0.4, -0.2) is 11.0 Å². The van der Waals surface area contributed by atoms with Crippen LogP contribution in [0, 0.1) is 5.92 Å². The maximum atomic E-state index is 4.45. The van der Waals surface area contributed by atoms with Crippen molar-refractivity contribution in [3.8, 4) is 0 Å². The molecular weight excluding hydrogens is 172 g/mol. The van der Waals surface area contributed by atoms with Crippen LogP contribution in [0.3, 0.4) is 0 Å². The Bertz CT molecular complexity index is 344. The molecule has 0 saturated heterocycles. The lowest BCUT2D eigenvalue weighted by Gasteiger charge is -2.17. The highest BCUT2D eigenvalue weighted by Gasteiger charge is 2.34. The molecule has 74 valence electrons. The van der Waals surface area contributed by atoms with Gasteiger partial charge in [-0.25, -0.2) is 0 Å². The molecule has 0 spiro atoms. The van der Waals surface area contributed by atoms with Gasteiger partial charge in [0.2, 0.25) is 0 Å². The highest BCUT2D eigenvalue weighted by atomic mass is 15.0. The van der Waals surface area contributed by atoms with Gasteiger partial charge in [-0.15, -0.1) is 0 Å². The first-order valence-corrected chi connectivity index (χ1v) is 5.54. The van der Waals surface area contributed by atoms with Crippen molar-refractivity contribution in [3.05, 3.63) is 29.6 Å². The molecule has 2 nitrogen and oxygen atoms in total. The second kappa shape index (κ2) is 3.06. The van der Waals surface area contributed by atoms with Gasteiger partial charge in [-0.2, -0.15) is 0 Å². The Kier molecular flexibility index (Phi) is 1.84. The zero-order valence-corrected chi connectivity index (χ0v) is 8.53. The van der Waals surface area contributed by atoms with Crippen molar-refractivity contribution in [1.29, 1.82) is 0 Å². The molecule has 0 aliphatic heterocycles. The van der Waals surface area contributed by atoms with Crippen molar-refractivity contribution in [3.63, 3.8) is 0 Å². The van der Waals surface area contributed by atoms with Crippen LogP contribution >= 0.6 is 0 Å². The predicted molar refractivity (Wildman–Crippen MR) is 56.0 cm³/mol. The van der Waals surface area contributed by atoms with Gasteiger partial charge >= 0.3 is 0 Å². The van der Waals surface area contributed by atoms with E-state index in [1.165, 1.54) is 24.1 Å². The number of hydrogen-bond acceptors (Lipinski definition) is 2. The van der Waals surface area contributed by atoms with Gasteiger partial charge in [-0.1, -0.05) is 13.0 Å². The Morgan fingerprint density at radius 2 is 2.29 bits per heavy atom. The molecule has 2 atom stereocenters. The minimum absolute atomic E-state index is 0.561. The third-order valence-electron chi connectivity index (χ3n) is 3.34. The van der Waals surface area contributed by atoms with Crippen molar-refractivity contribution in [2.75, 3.05) is 0 Å². The minimum Gasteiger partial charge on any atom is -0.307 e. The summed E-state index contributed by atoms with van der Waals surface area (Å²) < 4.78 is 0. The summed E-state index contributed by atoms with van der Waals surface area (Å²) in [6.07, 6.45) is 5.77. The number of fused-ring (bicyclic) bond motifs is 1. The summed E-state index contributed by atoms with van der Waals surface area (Å²) in [5, 5.41) is 3.72. The van der Waals surface area contributed by atoms with Crippen molar-refractivity contribution < 1.29 is 0 Å². The van der Waals surface area contributed by atoms with Crippen molar-refractivity contribution in [2.45, 2.75) is 38.3 Å². The molecule has 1 N–H and O–H groups in total. The molecule has 2 aliphatic carbocycles. The van der Waals surface area contributed by atoms with E-state index in [4.69, 9.17) is 0 Å². The largest absolute Gasteiger partial charge is 0.307 e. The minimum atomic E-state index is 0.561. The second-order valence-electron chi connectivity index (χ2n) is 4.64. The molecule has 0 radical (unpaired) electrons. The molecule has 2 aliphatic rings. The molecule has 1 saturated carbocycles. The molecule has 2 unspecified atom stereocenters. The molecule has 2 heteroatoms. The third kappa shape index (κ3) is 1.34. The van der Waals surface area contributed by atoms with E-state index in [1.54, 1.807) is 0 Å². The molecule has 1 aromatic rings. The number of pyridine rings is 1. The van der Waals surface area contributed by atoms with E-state index in [9.17, 15) is 0 Å². The smallest absolute Gasteiger partial charge is 0.0454 e. The summed E-state index contributed by atoms with van der Waals surface area (Å²) >= 11 is 0. The maximum absolute atomic E-state index is 4.45. The highest BCUT2D eigenvalue weighted by Crippen LogP contribution is 2.36. The van der Waals surface area contributed by atoms with Crippen molar-refractivity contribution >= 4 is 0 Å². The summed E-state index contributed by atoms with van der Waals surface area (Å²) in [6.45, 7) is 2.32. The van der Waals surface area contributed by atoms with Crippen LogP contribution in [0.1, 0.15) is 37.1 Å². The number of nitrogens with zero attached hydrogens (tertiary/aromatic N) is 1. The topological polar surface area (TPSA) is 24.9 Å². The number of rotatable bonds is 2. The Labute approximate surface area is 84.7 Å². The van der Waals surface area contributed by atoms with E-state index in [0.717, 1.165) is 12.5 Å². The normalized spacial score (nSPS) is 30.4. The van der Waals surface area contributed by atoms with E-state index >= 15 is 0 Å². The molecule has 1 fully saturated rings. The summed E-state index contributed by atoms with van der Waals surface area (Å²) in [5.74, 6) is 0.709. The van der Waals surface area contributed by atoms with Crippen LogP contribution in [0.15, 0.2) is 18.3 Å². The first kappa shape index (κ1) is 8.42. The lowest BCUT2D eigenvalue weighted by molar-refractivity contribution is 0.413. The van der Waals surface area contributed by atoms with Crippen molar-refractivity contribution in [2.24, 2.45) is 5.92 Å². The first-order chi connectivity index (χ1) is 6.84. The molecule has 0 bridgehead atoms. The second-order valence-corrected chi connectivity index (χ2v) is 4.64. The van der Waals surface area contributed by atoms with Crippen LogP contribution in [-0.2, 0) is 6.42 Å². The lowest BCUT2D eigenvalue weighted by atomic mass is 10.0. The fourth-order valence-corrected chi connectivity index (χ4v) is 2.39. The van der Waals surface area contributed by atoms with E-state index in [0.29, 0.717) is 12.0 Å². The zero-order valence-electron chi connectivity index (χ0n) is 8.53. The Morgan fingerprint density at radius 1 is 1.43 bits per heavy atom. The molecule has 1 heterocycles. The van der Waals surface area contributed by atoms with Crippen LogP contribution in [0.4, 0.5) is 0 Å². The van der Waals surface area contributed by atoms with Gasteiger partial charge in [0.05, 0.1) is 0 Å². The van der Waals surface area contributed by atoms with Gasteiger partial charge in [-0.05, 0) is 36.8 Å². The van der Waals surface area contributed by atoms with Gasteiger partial charge in [0.15, 0.2) is 0 Å². The van der Waals surface area contributed by atoms with Gasteiger partial charge in [0, 0.05) is 24.0 Å². The zero-order chi connectivity index (χ0) is 9.54. The third-order valence-corrected chi connectivity index (χ3v) is 3.34. The highest BCUT2D eigenvalue weighted by molar-refractivity contribution is 5.30. The van der Waals surface area contributed by atoms with Gasteiger partial charge in [0.25, 0.3) is 0 Å². The molecule has 14 heavy (non-hydrogen) atoms. The Hall–Kier alpha value is -0.890. The SMILES string of the molecule is CC1Cc2ncccc2C1NC1CC1. The van der Waals surface area contributed by atoms with E-state index in [-0.39, 0.29) is 0 Å². The van der Waals surface area contributed by atoms with Crippen LogP contribution in [0.25, 0.3) is 0 Å². The molecule has 0 amide bonds. The Morgan fingerprint density at radius 3 is 3.07 bits per heavy atom. The summed E-state index contributed by atoms with van der Waals surface area (Å²) in [7, 11) is 0. The molecule has 3 rings (SSSR count). The molecule has 0 aromatic carbocycles. The monoisotopic (exact) mass is 188 g/mol. The fraction of sp³-hybridized carbons (Fsp3) is 0.583. The van der Waals surface area contributed by atoms with Gasteiger partial charge < -0.3 is 5.32 Å². The van der Waals surface area contributed by atoms with Crippen molar-refractivity contribution in [1.82, 2.24) is 10.3 Å². The fourth-order valence-electron chi connectivity index (χ4n) is 2.39. The molecule has 1 aromatic heterocycles. The standard InChI is InChI=1S/C12H16N2/c1-8-7-11-10(3-2-6-13-11)12(8)14-9-4-5-9/h2-3,6,8-9,12,14H,4-5,7H2,1H3. The van der Waals surface area contributed by atoms with Crippen LogP contribution in [0.2, 0.25) is 0 Å². The number of nitrogens with one attached hydrogen (secondary N) is 1. The van der Waals surface area contributed by atoms with E-state index in [1.807, 2.05) is 6.20 Å². The van der Waals surface area contributed by atoms with Gasteiger partial charge in [-0.3, -0.25) is 4.98 Å². The van der Waals surface area contributed by atoms with Crippen LogP contribution in [0.5, 0.6) is 0 Å². The molecular formula is C12H16N2. The lowest BCUT2D eigenvalue weighted by Crippen LogP contribution is -2.25. The van der Waals surface area contributed by atoms with E-state index < -0.39 is 0 Å². The summed E-state index contributed by atoms with van der Waals surface area (Å²) in [4.78, 5) is 4.45. The van der Waals surface area contributed by atoms with E-state index in [2.05, 4.69) is 29.4 Å². The van der Waals surface area contributed by atoms with Crippen LogP contribution < -0.4 is 5.32 Å². The summed E-state index contributed by atoms with van der Waals surface area (Å²) in [6, 6.07) is 5.63. The number of aromatic nitrogens is 1. The average molecular weight is 188 g/mol. The van der Waals surface area contributed by atoms with Gasteiger partial charge in [0.1, 0.15) is 0 Å². The predicted octanol–water partition coefficient (Wildman–Crippen LogP) is 2.07. The quantitative estimate of drug-likeness (QED) is 0.768.